The van der Waals surface area contributed by atoms with Gasteiger partial charge in [-0.1, -0.05) is 0 Å². The van der Waals surface area contributed by atoms with Crippen LogP contribution in [0.1, 0.15) is 0 Å². The molecule has 6 heteroatoms. The summed E-state index contributed by atoms with van der Waals surface area (Å²) in [6, 6.07) is 1.19. The fraction of sp³-hybridized carbons (Fsp3) is 0.167. The summed E-state index contributed by atoms with van der Waals surface area (Å²) in [5.74, 6) is -0.183. The van der Waals surface area contributed by atoms with Crippen molar-refractivity contribution < 1.29 is 17.7 Å². The molecule has 0 spiro atoms. The first-order valence-corrected chi connectivity index (χ1v) is 3.23. The van der Waals surface area contributed by atoms with Gasteiger partial charge >= 0.3 is 6.98 Å². The third-order valence-corrected chi connectivity index (χ3v) is 1.38. The van der Waals surface area contributed by atoms with Gasteiger partial charge in [-0.3, -0.25) is 4.98 Å². The van der Waals surface area contributed by atoms with E-state index < -0.39 is 12.4 Å². The average molecular weight is 176 g/mol. The van der Waals surface area contributed by atoms with Crippen molar-refractivity contribution in [1.29, 1.82) is 0 Å². The van der Waals surface area contributed by atoms with Crippen LogP contribution in [0.2, 0.25) is 0 Å². The lowest BCUT2D eigenvalue weighted by molar-refractivity contribution is 0.412. The highest BCUT2D eigenvalue weighted by molar-refractivity contribution is 6.74. The van der Waals surface area contributed by atoms with Crippen molar-refractivity contribution in [2.24, 2.45) is 0 Å². The first-order chi connectivity index (χ1) is 5.55. The number of halogens is 3. The van der Waals surface area contributed by atoms with E-state index in [1.54, 1.807) is 0 Å². The molecule has 66 valence electrons. The monoisotopic (exact) mass is 176 g/mol. The van der Waals surface area contributed by atoms with Crippen LogP contribution in [0.15, 0.2) is 18.5 Å². The molecule has 0 unspecified atom stereocenters. The van der Waals surface area contributed by atoms with Crippen LogP contribution in [0.3, 0.4) is 0 Å². The maximum absolute atomic E-state index is 12.2. The Kier molecular flexibility index (Phi) is 2.26. The predicted molar refractivity (Wildman–Crippen MR) is 39.5 cm³/mol. The molecule has 0 atom stereocenters. The molecule has 12 heavy (non-hydrogen) atoms. The van der Waals surface area contributed by atoms with E-state index in [4.69, 9.17) is 0 Å². The zero-order chi connectivity index (χ0) is 9.19. The van der Waals surface area contributed by atoms with Gasteiger partial charge in [0, 0.05) is 12.4 Å². The van der Waals surface area contributed by atoms with Crippen molar-refractivity contribution in [2.75, 3.05) is 7.11 Å². The van der Waals surface area contributed by atoms with Crippen LogP contribution < -0.4 is 10.2 Å². The van der Waals surface area contributed by atoms with Crippen LogP contribution in [-0.2, 0) is 0 Å². The molecule has 0 aliphatic carbocycles. The Balaban J connectivity index is 3.14. The summed E-state index contributed by atoms with van der Waals surface area (Å²) in [5.41, 5.74) is -0.792. The van der Waals surface area contributed by atoms with Crippen molar-refractivity contribution in [3.63, 3.8) is 0 Å². The van der Waals surface area contributed by atoms with Crippen molar-refractivity contribution in [1.82, 2.24) is 4.98 Å². The van der Waals surface area contributed by atoms with Gasteiger partial charge in [-0.15, -0.1) is 0 Å². The largest absolute Gasteiger partial charge is 0.514 e. The topological polar surface area (TPSA) is 22.1 Å². The molecule has 1 aromatic heterocycles. The minimum atomic E-state index is -5.03. The molecule has 0 fully saturated rings. The minimum Gasteiger partial charge on any atom is -0.500 e. The van der Waals surface area contributed by atoms with Crippen molar-refractivity contribution in [2.45, 2.75) is 0 Å². The second-order valence-corrected chi connectivity index (χ2v) is 2.19. The lowest BCUT2D eigenvalue weighted by atomic mass is 9.81. The van der Waals surface area contributed by atoms with E-state index in [9.17, 15) is 12.9 Å². The molecule has 0 bridgehead atoms. The van der Waals surface area contributed by atoms with Gasteiger partial charge in [-0.25, -0.2) is 0 Å². The molecule has 0 radical (unpaired) electrons. The molecule has 0 aliphatic heterocycles. The highest BCUT2D eigenvalue weighted by atomic mass is 19.4. The Morgan fingerprint density at radius 1 is 1.42 bits per heavy atom. The molecule has 0 aliphatic rings. The Morgan fingerprint density at radius 2 is 2.08 bits per heavy atom. The van der Waals surface area contributed by atoms with Gasteiger partial charge in [0.25, 0.3) is 0 Å². The first-order valence-electron chi connectivity index (χ1n) is 3.23. The fourth-order valence-corrected chi connectivity index (χ4v) is 0.826. The van der Waals surface area contributed by atoms with E-state index >= 15 is 0 Å². The van der Waals surface area contributed by atoms with E-state index in [0.717, 1.165) is 6.20 Å². The Morgan fingerprint density at radius 3 is 2.50 bits per heavy atom. The molecule has 0 N–H and O–H groups in total. The van der Waals surface area contributed by atoms with Crippen molar-refractivity contribution in [3.8, 4) is 5.75 Å². The second-order valence-electron chi connectivity index (χ2n) is 2.19. The maximum Gasteiger partial charge on any atom is 0.514 e. The summed E-state index contributed by atoms with van der Waals surface area (Å²) in [5, 5.41) is 0. The smallest absolute Gasteiger partial charge is 0.500 e. The van der Waals surface area contributed by atoms with E-state index in [1.165, 1.54) is 19.4 Å². The van der Waals surface area contributed by atoms with Gasteiger partial charge in [0.15, 0.2) is 0 Å². The van der Waals surface area contributed by atoms with Gasteiger partial charge in [-0.05, 0) is 11.5 Å². The van der Waals surface area contributed by atoms with Gasteiger partial charge in [0.1, 0.15) is 0 Å². The molecular weight excluding hydrogens is 170 g/mol. The Bertz CT molecular complexity index is 276. The van der Waals surface area contributed by atoms with Gasteiger partial charge in [0.05, 0.1) is 12.9 Å². The highest BCUT2D eigenvalue weighted by Crippen LogP contribution is 2.15. The number of nitrogens with zero attached hydrogens (tertiary/aromatic N) is 1. The standard InChI is InChI=1S/C6H6BF3NO/c1-12-6-2-3-11-4-5(6)7(8,9)10/h2-4H,1H3/q-1. The second kappa shape index (κ2) is 3.04. The molecule has 2 nitrogen and oxygen atoms in total. The fourth-order valence-electron chi connectivity index (χ4n) is 0.826. The predicted octanol–water partition coefficient (Wildman–Crippen LogP) is 1.14. The summed E-state index contributed by atoms with van der Waals surface area (Å²) >= 11 is 0. The third-order valence-electron chi connectivity index (χ3n) is 1.38. The normalized spacial score (nSPS) is 11.3. The Hall–Kier alpha value is -1.20. The summed E-state index contributed by atoms with van der Waals surface area (Å²) in [7, 11) is 1.20. The molecule has 0 aromatic carbocycles. The highest BCUT2D eigenvalue weighted by Gasteiger charge is 2.29. The quantitative estimate of drug-likeness (QED) is 0.630. The molecule has 0 amide bonds. The summed E-state index contributed by atoms with van der Waals surface area (Å²) in [6.45, 7) is -5.03. The number of pyridine rings is 1. The van der Waals surface area contributed by atoms with E-state index in [-0.39, 0.29) is 5.75 Å². The van der Waals surface area contributed by atoms with Crippen LogP contribution >= 0.6 is 0 Å². The molecular formula is C6H6BF3NO-. The summed E-state index contributed by atoms with van der Waals surface area (Å²) in [4.78, 5) is 3.38. The third kappa shape index (κ3) is 1.69. The molecule has 1 heterocycles. The van der Waals surface area contributed by atoms with Gasteiger partial charge in [0.2, 0.25) is 0 Å². The minimum absolute atomic E-state index is 0.183. The number of rotatable bonds is 2. The SMILES string of the molecule is COc1ccncc1[B-](F)(F)F. The van der Waals surface area contributed by atoms with Crippen LogP contribution in [0.25, 0.3) is 0 Å². The number of ether oxygens (including phenoxy) is 1. The van der Waals surface area contributed by atoms with E-state index in [2.05, 4.69) is 9.72 Å². The van der Waals surface area contributed by atoms with Crippen LogP contribution in [0, 0.1) is 0 Å². The zero-order valence-corrected chi connectivity index (χ0v) is 6.30. The lowest BCUT2D eigenvalue weighted by Gasteiger charge is -2.17. The summed E-state index contributed by atoms with van der Waals surface area (Å²) in [6.07, 6.45) is 2.02. The maximum atomic E-state index is 12.2. The molecule has 1 aromatic rings. The van der Waals surface area contributed by atoms with E-state index in [0.29, 0.717) is 0 Å². The molecule has 1 rings (SSSR count). The van der Waals surface area contributed by atoms with Crippen molar-refractivity contribution >= 4 is 12.4 Å². The van der Waals surface area contributed by atoms with Gasteiger partial charge in [-0.2, -0.15) is 0 Å². The number of hydrogen-bond donors (Lipinski definition) is 0. The zero-order valence-electron chi connectivity index (χ0n) is 6.30. The van der Waals surface area contributed by atoms with Gasteiger partial charge < -0.3 is 17.7 Å². The molecule has 0 saturated heterocycles. The number of methoxy groups -OCH3 is 1. The number of hydrogen-bond acceptors (Lipinski definition) is 2. The average Bonchev–Trinajstić information content (AvgIpc) is 2.03. The molecule has 0 saturated carbocycles. The van der Waals surface area contributed by atoms with Crippen molar-refractivity contribution in [3.05, 3.63) is 18.5 Å². The number of aromatic nitrogens is 1. The van der Waals surface area contributed by atoms with E-state index in [1.807, 2.05) is 0 Å². The Labute approximate surface area is 67.4 Å². The summed E-state index contributed by atoms with van der Waals surface area (Å²) < 4.78 is 41.1. The van der Waals surface area contributed by atoms with Crippen LogP contribution in [0.5, 0.6) is 5.75 Å². The van der Waals surface area contributed by atoms with Crippen LogP contribution in [-0.4, -0.2) is 19.1 Å². The lowest BCUT2D eigenvalue weighted by Crippen LogP contribution is -2.35. The first kappa shape index (κ1) is 8.90. The van der Waals surface area contributed by atoms with Crippen LogP contribution in [0.4, 0.5) is 12.9 Å².